The molecule has 0 amide bonds. The summed E-state index contributed by atoms with van der Waals surface area (Å²) >= 11 is 1.67. The van der Waals surface area contributed by atoms with E-state index in [9.17, 15) is 4.79 Å². The molecule has 0 aliphatic carbocycles. The van der Waals surface area contributed by atoms with Crippen molar-refractivity contribution in [2.24, 2.45) is 0 Å². The molecule has 0 bridgehead atoms. The molecule has 0 aromatic carbocycles. The third-order valence-corrected chi connectivity index (χ3v) is 2.00. The van der Waals surface area contributed by atoms with Crippen molar-refractivity contribution in [1.29, 1.82) is 0 Å². The second-order valence-corrected chi connectivity index (χ2v) is 3.22. The molecule has 5 heteroatoms. The van der Waals surface area contributed by atoms with Gasteiger partial charge in [0, 0.05) is 0 Å². The number of likely N-dealkylation sites (N-methyl/N-ethyl adjacent to an activating group) is 1. The van der Waals surface area contributed by atoms with Gasteiger partial charge in [-0.15, -0.1) is 12.4 Å². The highest BCUT2D eigenvalue weighted by Gasteiger charge is 2.14. The minimum atomic E-state index is -0.749. The average Bonchev–Trinajstić information content (AvgIpc) is 1.97. The van der Waals surface area contributed by atoms with Crippen LogP contribution in [-0.4, -0.2) is 35.7 Å². The third kappa shape index (κ3) is 6.76. The minimum Gasteiger partial charge on any atom is -0.480 e. The topological polar surface area (TPSA) is 49.3 Å². The van der Waals surface area contributed by atoms with Crippen LogP contribution in [0, 0.1) is 0 Å². The summed E-state index contributed by atoms with van der Waals surface area (Å²) in [5, 5.41) is 11.6. The molecule has 12 heavy (non-hydrogen) atoms. The van der Waals surface area contributed by atoms with E-state index in [1.54, 1.807) is 11.8 Å². The Kier molecular flexibility index (Phi) is 11.1. The van der Waals surface area contributed by atoms with Crippen molar-refractivity contribution in [1.82, 2.24) is 5.32 Å². The van der Waals surface area contributed by atoms with Gasteiger partial charge in [-0.3, -0.25) is 4.79 Å². The van der Waals surface area contributed by atoms with Gasteiger partial charge in [0.05, 0.1) is 0 Å². The third-order valence-electron chi connectivity index (χ3n) is 1.36. The smallest absolute Gasteiger partial charge is 0.320 e. The number of carbonyl (C=O) groups is 1. The van der Waals surface area contributed by atoms with E-state index in [1.807, 2.05) is 13.2 Å². The van der Waals surface area contributed by atoms with Gasteiger partial charge in [-0.2, -0.15) is 11.8 Å². The molecular formula is C7H16ClNO2S. The van der Waals surface area contributed by atoms with Gasteiger partial charge < -0.3 is 10.4 Å². The maximum Gasteiger partial charge on any atom is 0.320 e. The van der Waals surface area contributed by atoms with Crippen LogP contribution in [0.3, 0.4) is 0 Å². The van der Waals surface area contributed by atoms with E-state index in [0.29, 0.717) is 13.0 Å². The van der Waals surface area contributed by atoms with Crippen LogP contribution in [0.25, 0.3) is 0 Å². The fourth-order valence-electron chi connectivity index (χ4n) is 0.795. The van der Waals surface area contributed by atoms with Crippen molar-refractivity contribution in [2.75, 3.05) is 18.6 Å². The van der Waals surface area contributed by atoms with Gasteiger partial charge in [-0.05, 0) is 25.0 Å². The fraction of sp³-hybridized carbons (Fsp3) is 0.857. The van der Waals surface area contributed by atoms with Crippen LogP contribution < -0.4 is 5.32 Å². The Labute approximate surface area is 83.7 Å². The Morgan fingerprint density at radius 1 is 1.67 bits per heavy atom. The first-order valence-electron chi connectivity index (χ1n) is 3.67. The lowest BCUT2D eigenvalue weighted by Gasteiger charge is -2.11. The molecule has 0 fully saturated rings. The number of thioether (sulfide) groups is 1. The number of rotatable bonds is 6. The Morgan fingerprint density at radius 2 is 2.25 bits per heavy atom. The summed E-state index contributed by atoms with van der Waals surface area (Å²) in [6.07, 6.45) is 2.68. The highest BCUT2D eigenvalue weighted by Crippen LogP contribution is 2.00. The fourth-order valence-corrected chi connectivity index (χ4v) is 1.27. The molecule has 3 nitrogen and oxygen atoms in total. The molecule has 0 heterocycles. The summed E-state index contributed by atoms with van der Waals surface area (Å²) in [6.45, 7) is 2.63. The molecule has 0 aromatic heterocycles. The summed E-state index contributed by atoms with van der Waals surface area (Å²) in [6, 6.07) is -0.368. The van der Waals surface area contributed by atoms with Gasteiger partial charge in [0.15, 0.2) is 0 Å². The Hall–Kier alpha value is 0.0700. The zero-order valence-electron chi connectivity index (χ0n) is 7.37. The largest absolute Gasteiger partial charge is 0.480 e. The number of hydrogen-bond acceptors (Lipinski definition) is 3. The van der Waals surface area contributed by atoms with Gasteiger partial charge in [-0.1, -0.05) is 6.92 Å². The van der Waals surface area contributed by atoms with Crippen molar-refractivity contribution in [3.63, 3.8) is 0 Å². The van der Waals surface area contributed by atoms with Crippen LogP contribution in [-0.2, 0) is 4.79 Å². The van der Waals surface area contributed by atoms with Gasteiger partial charge in [0.25, 0.3) is 0 Å². The highest BCUT2D eigenvalue weighted by molar-refractivity contribution is 7.98. The lowest BCUT2D eigenvalue weighted by Crippen LogP contribution is -2.36. The van der Waals surface area contributed by atoms with Crippen molar-refractivity contribution in [2.45, 2.75) is 19.4 Å². The van der Waals surface area contributed by atoms with Crippen LogP contribution >= 0.6 is 24.2 Å². The van der Waals surface area contributed by atoms with Crippen molar-refractivity contribution in [3.05, 3.63) is 0 Å². The predicted molar refractivity (Wildman–Crippen MR) is 55.3 cm³/mol. The quantitative estimate of drug-likeness (QED) is 0.697. The average molecular weight is 214 g/mol. The molecule has 0 saturated heterocycles. The van der Waals surface area contributed by atoms with E-state index in [1.165, 1.54) is 0 Å². The van der Waals surface area contributed by atoms with Crippen molar-refractivity contribution < 1.29 is 9.90 Å². The first-order chi connectivity index (χ1) is 5.22. The number of carboxylic acids is 1. The first kappa shape index (κ1) is 14.6. The van der Waals surface area contributed by atoms with Crippen molar-refractivity contribution in [3.8, 4) is 0 Å². The molecule has 0 spiro atoms. The molecule has 0 rings (SSSR count). The van der Waals surface area contributed by atoms with Gasteiger partial charge in [-0.25, -0.2) is 0 Å². The number of aliphatic carboxylic acids is 1. The van der Waals surface area contributed by atoms with Crippen molar-refractivity contribution >= 4 is 30.1 Å². The van der Waals surface area contributed by atoms with E-state index in [0.717, 1.165) is 5.75 Å². The SMILES string of the molecule is CCNC(CCSC)C(=O)O.Cl. The second-order valence-electron chi connectivity index (χ2n) is 2.23. The summed E-state index contributed by atoms with van der Waals surface area (Å²) in [5.74, 6) is 0.144. The molecule has 1 atom stereocenters. The zero-order valence-corrected chi connectivity index (χ0v) is 9.00. The number of nitrogens with one attached hydrogen (secondary N) is 1. The molecule has 0 saturated carbocycles. The molecule has 2 N–H and O–H groups in total. The number of carboxylic acid groups (broad SMARTS) is 1. The van der Waals surface area contributed by atoms with E-state index in [-0.39, 0.29) is 18.4 Å². The molecule has 0 aromatic rings. The maximum absolute atomic E-state index is 10.5. The van der Waals surface area contributed by atoms with E-state index < -0.39 is 5.97 Å². The monoisotopic (exact) mass is 213 g/mol. The molecule has 74 valence electrons. The predicted octanol–water partition coefficient (Wildman–Crippen LogP) is 1.22. The lowest BCUT2D eigenvalue weighted by atomic mass is 10.2. The first-order valence-corrected chi connectivity index (χ1v) is 5.06. The molecule has 1 unspecified atom stereocenters. The Balaban J connectivity index is 0. The van der Waals surface area contributed by atoms with Crippen LogP contribution in [0.15, 0.2) is 0 Å². The van der Waals surface area contributed by atoms with E-state index in [2.05, 4.69) is 5.32 Å². The molecule has 0 radical (unpaired) electrons. The van der Waals surface area contributed by atoms with E-state index in [4.69, 9.17) is 5.11 Å². The summed E-state index contributed by atoms with van der Waals surface area (Å²) in [5.41, 5.74) is 0. The van der Waals surface area contributed by atoms with Crippen LogP contribution in [0.5, 0.6) is 0 Å². The minimum absolute atomic E-state index is 0. The lowest BCUT2D eigenvalue weighted by molar-refractivity contribution is -0.139. The van der Waals surface area contributed by atoms with Crippen LogP contribution in [0.1, 0.15) is 13.3 Å². The standard InChI is InChI=1S/C7H15NO2S.ClH/c1-3-8-6(7(9)10)4-5-11-2;/h6,8H,3-5H2,1-2H3,(H,9,10);1H. The van der Waals surface area contributed by atoms with E-state index >= 15 is 0 Å². The van der Waals surface area contributed by atoms with Gasteiger partial charge in [0.2, 0.25) is 0 Å². The van der Waals surface area contributed by atoms with Gasteiger partial charge in [0.1, 0.15) is 6.04 Å². The number of hydrogen-bond donors (Lipinski definition) is 2. The summed E-state index contributed by atoms with van der Waals surface area (Å²) < 4.78 is 0. The maximum atomic E-state index is 10.5. The van der Waals surface area contributed by atoms with Crippen LogP contribution in [0.4, 0.5) is 0 Å². The number of halogens is 1. The van der Waals surface area contributed by atoms with Gasteiger partial charge >= 0.3 is 5.97 Å². The van der Waals surface area contributed by atoms with Crippen LogP contribution in [0.2, 0.25) is 0 Å². The Bertz CT molecular complexity index is 124. The molecular weight excluding hydrogens is 198 g/mol. The second kappa shape index (κ2) is 9.16. The Morgan fingerprint density at radius 3 is 2.58 bits per heavy atom. The molecule has 0 aliphatic rings. The highest BCUT2D eigenvalue weighted by atomic mass is 35.5. The summed E-state index contributed by atoms with van der Waals surface area (Å²) in [7, 11) is 0. The summed E-state index contributed by atoms with van der Waals surface area (Å²) in [4.78, 5) is 10.5. The normalized spacial score (nSPS) is 11.8. The zero-order chi connectivity index (χ0) is 8.69. The molecule has 0 aliphatic heterocycles.